The molecule has 2 rings (SSSR count). The molecule has 1 aliphatic heterocycles. The number of nitro groups is 1. The summed E-state index contributed by atoms with van der Waals surface area (Å²) >= 11 is 0. The summed E-state index contributed by atoms with van der Waals surface area (Å²) in [7, 11) is 0. The summed E-state index contributed by atoms with van der Waals surface area (Å²) in [5.41, 5.74) is 1.71. The minimum atomic E-state index is -0.692. The number of non-ortho nitro benzene ring substituents is 1. The van der Waals surface area contributed by atoms with Crippen molar-refractivity contribution in [1.29, 1.82) is 0 Å². The maximum Gasteiger partial charge on any atom is 0.270 e. The molecule has 1 aromatic carbocycles. The first-order valence-electron chi connectivity index (χ1n) is 5.92. The number of hydrogen-bond acceptors (Lipinski definition) is 3. The van der Waals surface area contributed by atoms with Crippen LogP contribution in [-0.2, 0) is 10.2 Å². The average molecular weight is 248 g/mol. The topological polar surface area (TPSA) is 63.5 Å². The van der Waals surface area contributed by atoms with Crippen LogP contribution in [0.25, 0.3) is 0 Å². The first-order chi connectivity index (χ1) is 8.30. The van der Waals surface area contributed by atoms with Crippen molar-refractivity contribution in [1.82, 2.24) is 0 Å². The number of fused-ring (bicyclic) bond motifs is 1. The lowest BCUT2D eigenvalue weighted by molar-refractivity contribution is -0.385. The number of rotatable bonds is 2. The van der Waals surface area contributed by atoms with Gasteiger partial charge in [0.15, 0.2) is 0 Å². The minimum Gasteiger partial charge on any atom is -0.311 e. The maximum absolute atomic E-state index is 12.3. The number of hydrogen-bond donors (Lipinski definition) is 0. The number of nitro benzene ring substituents is 1. The van der Waals surface area contributed by atoms with Crippen molar-refractivity contribution in [2.45, 2.75) is 33.1 Å². The highest BCUT2D eigenvalue weighted by atomic mass is 16.6. The Labute approximate surface area is 106 Å². The van der Waals surface area contributed by atoms with Crippen LogP contribution in [0.5, 0.6) is 0 Å². The third-order valence-electron chi connectivity index (χ3n) is 3.54. The van der Waals surface area contributed by atoms with Gasteiger partial charge in [-0.1, -0.05) is 0 Å². The fraction of sp³-hybridized carbons (Fsp3) is 0.462. The molecular formula is C13H16N2O3. The first-order valence-corrected chi connectivity index (χ1v) is 5.92. The fourth-order valence-electron chi connectivity index (χ4n) is 2.56. The number of nitrogens with zero attached hydrogens (tertiary/aromatic N) is 2. The van der Waals surface area contributed by atoms with E-state index in [-0.39, 0.29) is 11.6 Å². The number of carbonyl (C=O) groups excluding carboxylic acids is 1. The Hall–Kier alpha value is -1.91. The van der Waals surface area contributed by atoms with Gasteiger partial charge in [-0.25, -0.2) is 0 Å². The lowest BCUT2D eigenvalue weighted by Crippen LogP contribution is -2.36. The van der Waals surface area contributed by atoms with Crippen LogP contribution >= 0.6 is 0 Å². The summed E-state index contributed by atoms with van der Waals surface area (Å²) in [5, 5.41) is 10.9. The molecule has 1 aliphatic rings. The van der Waals surface area contributed by atoms with Gasteiger partial charge < -0.3 is 4.90 Å². The Bertz CT molecular complexity index is 549. The van der Waals surface area contributed by atoms with Crippen LogP contribution in [0.2, 0.25) is 0 Å². The number of amides is 1. The fourth-order valence-corrected chi connectivity index (χ4v) is 2.56. The highest BCUT2D eigenvalue weighted by molar-refractivity contribution is 6.08. The van der Waals surface area contributed by atoms with E-state index in [1.807, 2.05) is 27.7 Å². The van der Waals surface area contributed by atoms with E-state index in [0.29, 0.717) is 6.54 Å². The molecule has 0 bridgehead atoms. The first kappa shape index (κ1) is 12.5. The van der Waals surface area contributed by atoms with Crippen LogP contribution in [0.1, 0.15) is 31.9 Å². The van der Waals surface area contributed by atoms with Crippen molar-refractivity contribution in [2.75, 3.05) is 11.4 Å². The molecule has 5 nitrogen and oxygen atoms in total. The molecular weight excluding hydrogens is 232 g/mol. The van der Waals surface area contributed by atoms with Crippen LogP contribution in [0.4, 0.5) is 11.4 Å². The Morgan fingerprint density at radius 3 is 2.50 bits per heavy atom. The van der Waals surface area contributed by atoms with E-state index in [2.05, 4.69) is 0 Å². The molecule has 0 atom stereocenters. The predicted octanol–water partition coefficient (Wildman–Crippen LogP) is 2.55. The molecule has 0 fully saturated rings. The van der Waals surface area contributed by atoms with Crippen LogP contribution in [0.15, 0.2) is 12.1 Å². The zero-order valence-corrected chi connectivity index (χ0v) is 11.0. The van der Waals surface area contributed by atoms with Crippen molar-refractivity contribution in [3.05, 3.63) is 33.4 Å². The summed E-state index contributed by atoms with van der Waals surface area (Å²) in [6.07, 6.45) is 0. The lowest BCUT2D eigenvalue weighted by Gasteiger charge is -2.18. The molecule has 5 heteroatoms. The number of benzene rings is 1. The normalized spacial score (nSPS) is 16.9. The Morgan fingerprint density at radius 2 is 2.00 bits per heavy atom. The molecule has 0 aromatic heterocycles. The third-order valence-corrected chi connectivity index (χ3v) is 3.54. The van der Waals surface area contributed by atoms with Gasteiger partial charge >= 0.3 is 0 Å². The molecule has 1 amide bonds. The third kappa shape index (κ3) is 1.50. The Balaban J connectivity index is 2.74. The van der Waals surface area contributed by atoms with Crippen LogP contribution < -0.4 is 4.90 Å². The monoisotopic (exact) mass is 248 g/mol. The van der Waals surface area contributed by atoms with Crippen molar-refractivity contribution < 1.29 is 9.72 Å². The van der Waals surface area contributed by atoms with Crippen LogP contribution in [-0.4, -0.2) is 17.4 Å². The molecule has 0 saturated heterocycles. The summed E-state index contributed by atoms with van der Waals surface area (Å²) in [5.74, 6) is 0.00333. The van der Waals surface area contributed by atoms with E-state index < -0.39 is 10.3 Å². The van der Waals surface area contributed by atoms with Crippen molar-refractivity contribution in [3.8, 4) is 0 Å². The highest BCUT2D eigenvalue weighted by Gasteiger charge is 2.44. The van der Waals surface area contributed by atoms with Crippen LogP contribution in [0.3, 0.4) is 0 Å². The quantitative estimate of drug-likeness (QED) is 0.596. The maximum atomic E-state index is 12.3. The molecule has 0 spiro atoms. The van der Waals surface area contributed by atoms with E-state index in [4.69, 9.17) is 0 Å². The predicted molar refractivity (Wildman–Crippen MR) is 68.9 cm³/mol. The molecule has 0 radical (unpaired) electrons. The van der Waals surface area contributed by atoms with Gasteiger partial charge in [-0.05, 0) is 38.8 Å². The van der Waals surface area contributed by atoms with Crippen molar-refractivity contribution >= 4 is 17.3 Å². The summed E-state index contributed by atoms with van der Waals surface area (Å²) in [6, 6.07) is 3.05. The SMILES string of the molecule is CCN1C(=O)C(C)(C)c2cc([N+](=O)[O-])cc(C)c21. The standard InChI is InChI=1S/C13H16N2O3/c1-5-14-11-8(2)6-9(15(17)18)7-10(11)13(3,4)12(14)16/h6-7H,5H2,1-4H3. The van der Waals surface area contributed by atoms with Crippen molar-refractivity contribution in [2.24, 2.45) is 0 Å². The number of aryl methyl sites for hydroxylation is 1. The van der Waals surface area contributed by atoms with Gasteiger partial charge in [-0.15, -0.1) is 0 Å². The zero-order valence-electron chi connectivity index (χ0n) is 11.0. The number of carbonyl (C=O) groups is 1. The molecule has 0 unspecified atom stereocenters. The summed E-state index contributed by atoms with van der Waals surface area (Å²) in [6.45, 7) is 7.92. The van der Waals surface area contributed by atoms with E-state index in [0.717, 1.165) is 16.8 Å². The van der Waals surface area contributed by atoms with E-state index in [9.17, 15) is 14.9 Å². The van der Waals surface area contributed by atoms with Gasteiger partial charge in [0.05, 0.1) is 16.0 Å². The molecule has 0 aliphatic carbocycles. The largest absolute Gasteiger partial charge is 0.311 e. The number of anilines is 1. The van der Waals surface area contributed by atoms with E-state index in [1.165, 1.54) is 12.1 Å². The zero-order chi connectivity index (χ0) is 13.7. The minimum absolute atomic E-state index is 0.00333. The van der Waals surface area contributed by atoms with E-state index in [1.54, 1.807) is 4.90 Å². The summed E-state index contributed by atoms with van der Waals surface area (Å²) in [4.78, 5) is 24.5. The van der Waals surface area contributed by atoms with Gasteiger partial charge in [-0.2, -0.15) is 0 Å². The molecule has 0 saturated carbocycles. The molecule has 96 valence electrons. The van der Waals surface area contributed by atoms with Gasteiger partial charge in [0.25, 0.3) is 5.69 Å². The molecule has 18 heavy (non-hydrogen) atoms. The number of likely N-dealkylation sites (N-methyl/N-ethyl adjacent to an activating group) is 1. The highest BCUT2D eigenvalue weighted by Crippen LogP contribution is 2.45. The van der Waals surface area contributed by atoms with Gasteiger partial charge in [0.2, 0.25) is 5.91 Å². The van der Waals surface area contributed by atoms with Gasteiger partial charge in [0, 0.05) is 18.7 Å². The molecule has 1 aromatic rings. The smallest absolute Gasteiger partial charge is 0.270 e. The second-order valence-electron chi connectivity index (χ2n) is 5.09. The van der Waals surface area contributed by atoms with Crippen LogP contribution in [0, 0.1) is 17.0 Å². The Morgan fingerprint density at radius 1 is 1.39 bits per heavy atom. The van der Waals surface area contributed by atoms with Gasteiger partial charge in [-0.3, -0.25) is 14.9 Å². The lowest BCUT2D eigenvalue weighted by atomic mass is 9.85. The average Bonchev–Trinajstić information content (AvgIpc) is 2.49. The summed E-state index contributed by atoms with van der Waals surface area (Å²) < 4.78 is 0. The second kappa shape index (κ2) is 3.80. The van der Waals surface area contributed by atoms with Gasteiger partial charge in [0.1, 0.15) is 0 Å². The molecule has 0 N–H and O–H groups in total. The van der Waals surface area contributed by atoms with E-state index >= 15 is 0 Å². The molecule has 1 heterocycles. The Kier molecular flexibility index (Phi) is 2.65. The van der Waals surface area contributed by atoms with Crippen molar-refractivity contribution in [3.63, 3.8) is 0 Å². The second-order valence-corrected chi connectivity index (χ2v) is 5.09.